The van der Waals surface area contributed by atoms with E-state index >= 15 is 0 Å². The van der Waals surface area contributed by atoms with Crippen molar-refractivity contribution in [2.45, 2.75) is 32.7 Å². The van der Waals surface area contributed by atoms with E-state index in [4.69, 9.17) is 23.5 Å². The van der Waals surface area contributed by atoms with Gasteiger partial charge in [0.2, 0.25) is 0 Å². The first-order valence-electron chi connectivity index (χ1n) is 11.5. The molecule has 0 bridgehead atoms. The van der Waals surface area contributed by atoms with Crippen LogP contribution in [0, 0.1) is 13.5 Å². The molecule has 178 valence electrons. The number of benzene rings is 2. The highest BCUT2D eigenvalue weighted by Crippen LogP contribution is 2.34. The lowest BCUT2D eigenvalue weighted by molar-refractivity contribution is -0.671. The third kappa shape index (κ3) is 4.89. The number of anilines is 1. The van der Waals surface area contributed by atoms with Crippen molar-refractivity contribution in [3.8, 4) is 16.9 Å². The van der Waals surface area contributed by atoms with Crippen LogP contribution in [0.15, 0.2) is 67.0 Å². The van der Waals surface area contributed by atoms with Gasteiger partial charge in [-0.25, -0.2) is 9.41 Å². The maximum atomic E-state index is 13.2. The van der Waals surface area contributed by atoms with E-state index in [0.717, 1.165) is 28.9 Å². The molecule has 1 aliphatic rings. The smallest absolute Gasteiger partial charge is 0.258 e. The van der Waals surface area contributed by atoms with Gasteiger partial charge in [-0.1, -0.05) is 18.2 Å². The summed E-state index contributed by atoms with van der Waals surface area (Å²) in [6, 6.07) is 17.6. The Kier molecular flexibility index (Phi) is 6.86. The van der Waals surface area contributed by atoms with Gasteiger partial charge in [0, 0.05) is 24.4 Å². The second-order valence-corrected chi connectivity index (χ2v) is 9.56. The number of ether oxygens (including phenoxy) is 1. The number of carbonyl (C=O) groups excluding carboxylic acids is 1. The van der Waals surface area contributed by atoms with Crippen molar-refractivity contribution in [3.63, 3.8) is 0 Å². The molecule has 0 atom stereocenters. The number of pyridine rings is 1. The van der Waals surface area contributed by atoms with Gasteiger partial charge in [0.25, 0.3) is 5.91 Å². The molecule has 1 aromatic heterocycles. The summed E-state index contributed by atoms with van der Waals surface area (Å²) in [6.45, 7) is 14.0. The predicted molar refractivity (Wildman–Crippen MR) is 141 cm³/mol. The molecule has 0 unspecified atom stereocenters. The van der Waals surface area contributed by atoms with E-state index in [9.17, 15) is 4.79 Å². The first-order valence-corrected chi connectivity index (χ1v) is 12.0. The normalized spacial score (nSPS) is 14.8. The van der Waals surface area contributed by atoms with E-state index < -0.39 is 5.54 Å². The van der Waals surface area contributed by atoms with Crippen molar-refractivity contribution >= 4 is 34.6 Å². The monoisotopic (exact) mass is 485 g/mol. The third-order valence-corrected chi connectivity index (χ3v) is 6.75. The Morgan fingerprint density at radius 3 is 2.34 bits per heavy atom. The van der Waals surface area contributed by atoms with E-state index in [0.29, 0.717) is 29.6 Å². The predicted octanol–water partition coefficient (Wildman–Crippen LogP) is 5.22. The number of aryl methyl sites for hydroxylation is 2. The van der Waals surface area contributed by atoms with Crippen LogP contribution < -0.4 is 14.2 Å². The zero-order chi connectivity index (χ0) is 25.2. The lowest BCUT2D eigenvalue weighted by atomic mass is 10.0. The minimum absolute atomic E-state index is 0.0662. The molecule has 0 N–H and O–H groups in total. The van der Waals surface area contributed by atoms with Crippen LogP contribution in [0.1, 0.15) is 25.8 Å². The maximum absolute atomic E-state index is 13.2. The van der Waals surface area contributed by atoms with Crippen LogP contribution in [-0.2, 0) is 11.8 Å². The second kappa shape index (κ2) is 9.85. The molecule has 4 rings (SSSR count). The van der Waals surface area contributed by atoms with Crippen LogP contribution >= 0.6 is 12.2 Å². The number of carbonyl (C=O) groups is 1. The second-order valence-electron chi connectivity index (χ2n) is 9.20. The van der Waals surface area contributed by atoms with Crippen LogP contribution in [0.25, 0.3) is 16.0 Å². The molecule has 3 aromatic rings. The van der Waals surface area contributed by atoms with Crippen molar-refractivity contribution in [1.29, 1.82) is 0 Å². The number of amides is 1. The Balaban J connectivity index is 1.36. The van der Waals surface area contributed by atoms with E-state index in [1.54, 1.807) is 17.0 Å². The zero-order valence-corrected chi connectivity index (χ0v) is 21.3. The van der Waals surface area contributed by atoms with Crippen molar-refractivity contribution in [2.75, 3.05) is 18.1 Å². The molecule has 2 heterocycles. The summed E-state index contributed by atoms with van der Waals surface area (Å²) in [7, 11) is 2.00. The topological polar surface area (TPSA) is 41.0 Å². The van der Waals surface area contributed by atoms with Crippen molar-refractivity contribution in [2.24, 2.45) is 7.05 Å². The highest BCUT2D eigenvalue weighted by Gasteiger charge is 2.49. The van der Waals surface area contributed by atoms with Crippen LogP contribution in [0.2, 0.25) is 0 Å². The van der Waals surface area contributed by atoms with Gasteiger partial charge in [-0.2, -0.15) is 0 Å². The summed E-state index contributed by atoms with van der Waals surface area (Å²) in [5.41, 5.74) is 3.64. The summed E-state index contributed by atoms with van der Waals surface area (Å²) < 4.78 is 7.97. The lowest BCUT2D eigenvalue weighted by Gasteiger charge is -2.29. The Morgan fingerprint density at radius 2 is 1.71 bits per heavy atom. The summed E-state index contributed by atoms with van der Waals surface area (Å²) in [5, 5.41) is 0.482. The van der Waals surface area contributed by atoms with Gasteiger partial charge in [0.1, 0.15) is 18.3 Å². The quantitative estimate of drug-likeness (QED) is 0.199. The largest absolute Gasteiger partial charge is 0.494 e. The average molecular weight is 486 g/mol. The number of hydrogen-bond acceptors (Lipinski definition) is 3. The lowest BCUT2D eigenvalue weighted by Crippen LogP contribution is -2.44. The summed E-state index contributed by atoms with van der Waals surface area (Å²) >= 11 is 5.71. The number of hydrogen-bond donors (Lipinski definition) is 0. The first-order chi connectivity index (χ1) is 16.7. The number of thiocarbonyl (C=S) groups is 1. The average Bonchev–Trinajstić information content (AvgIpc) is 3.01. The SMILES string of the molecule is [C-]#[N+]c1ccc(N2C(=O)C(C)(C)N(CCCOc3ccc(-c4cc[n+](C)cc4)cc3)C2=S)cc1C. The maximum Gasteiger partial charge on any atom is 0.258 e. The van der Waals surface area contributed by atoms with Crippen molar-refractivity contribution in [1.82, 2.24) is 4.90 Å². The fourth-order valence-electron chi connectivity index (χ4n) is 4.19. The van der Waals surface area contributed by atoms with E-state index in [2.05, 4.69) is 29.1 Å². The van der Waals surface area contributed by atoms with E-state index in [1.807, 2.05) is 67.9 Å². The van der Waals surface area contributed by atoms with Crippen molar-refractivity contribution < 1.29 is 14.1 Å². The third-order valence-electron chi connectivity index (χ3n) is 6.34. The summed E-state index contributed by atoms with van der Waals surface area (Å²) in [5.74, 6) is 0.745. The van der Waals surface area contributed by atoms with Gasteiger partial charge in [0.05, 0.1) is 13.2 Å². The van der Waals surface area contributed by atoms with E-state index in [1.165, 1.54) is 0 Å². The van der Waals surface area contributed by atoms with Gasteiger partial charge >= 0.3 is 0 Å². The molecule has 1 fully saturated rings. The molecule has 1 aliphatic heterocycles. The number of aromatic nitrogens is 1. The molecule has 0 radical (unpaired) electrons. The van der Waals surface area contributed by atoms with Gasteiger partial charge in [-0.15, -0.1) is 0 Å². The molecule has 0 spiro atoms. The Labute approximate surface area is 212 Å². The molecule has 0 aliphatic carbocycles. The molecular formula is C28H29N4O2S+. The van der Waals surface area contributed by atoms with E-state index in [-0.39, 0.29) is 5.91 Å². The van der Waals surface area contributed by atoms with Gasteiger partial charge in [-0.3, -0.25) is 9.69 Å². The minimum Gasteiger partial charge on any atom is -0.494 e. The first kappa shape index (κ1) is 24.4. The molecule has 1 amide bonds. The van der Waals surface area contributed by atoms with Crippen LogP contribution in [0.4, 0.5) is 11.4 Å². The zero-order valence-electron chi connectivity index (χ0n) is 20.5. The minimum atomic E-state index is -0.753. The molecule has 35 heavy (non-hydrogen) atoms. The standard InChI is InChI=1S/C28H29N4O2S/c1-20-19-23(9-12-25(20)29-4)32-26(33)28(2,3)31(27(32)35)15-6-18-34-24-10-7-21(8-11-24)22-13-16-30(5)17-14-22/h7-14,16-17,19H,6,15,18H2,1-3,5H3/q+1. The Hall–Kier alpha value is -3.76. The molecule has 6 nitrogen and oxygen atoms in total. The van der Waals surface area contributed by atoms with Gasteiger partial charge in [0.15, 0.2) is 23.2 Å². The summed E-state index contributed by atoms with van der Waals surface area (Å²) in [6.07, 6.45) is 4.77. The van der Waals surface area contributed by atoms with Crippen LogP contribution in [0.5, 0.6) is 5.75 Å². The molecule has 1 saturated heterocycles. The van der Waals surface area contributed by atoms with Gasteiger partial charge in [-0.05, 0) is 80.4 Å². The van der Waals surface area contributed by atoms with Crippen LogP contribution in [0.3, 0.4) is 0 Å². The fraction of sp³-hybridized carbons (Fsp3) is 0.286. The Bertz CT molecular complexity index is 1290. The summed E-state index contributed by atoms with van der Waals surface area (Å²) in [4.78, 5) is 20.3. The molecule has 7 heteroatoms. The van der Waals surface area contributed by atoms with Crippen molar-refractivity contribution in [3.05, 3.63) is 84.0 Å². The van der Waals surface area contributed by atoms with Crippen LogP contribution in [-0.4, -0.2) is 34.6 Å². The highest BCUT2D eigenvalue weighted by molar-refractivity contribution is 7.80. The molecule has 0 saturated carbocycles. The number of nitrogens with zero attached hydrogens (tertiary/aromatic N) is 4. The molecule has 2 aromatic carbocycles. The Morgan fingerprint density at radius 1 is 1.06 bits per heavy atom. The fourth-order valence-corrected chi connectivity index (χ4v) is 4.70. The van der Waals surface area contributed by atoms with Gasteiger partial charge < -0.3 is 9.64 Å². The molecular weight excluding hydrogens is 456 g/mol. The number of rotatable bonds is 7. The highest BCUT2D eigenvalue weighted by atomic mass is 32.1.